The van der Waals surface area contributed by atoms with Crippen LogP contribution >= 0.6 is 0 Å². The number of unbranched alkanes of at least 4 members (excludes halogenated alkanes) is 12. The second kappa shape index (κ2) is 27.3. The molecular weight excluding hydrogens is 919 g/mol. The Morgan fingerprint density at radius 1 is 0.649 bits per heavy atom. The monoisotopic (exact) mass is 1030 g/mol. The first kappa shape index (κ1) is 64.0. The minimum absolute atomic E-state index is 0.0590. The van der Waals surface area contributed by atoms with E-state index in [1.807, 2.05) is 30.3 Å². The second-order valence-corrected chi connectivity index (χ2v) is 28.0. The summed E-state index contributed by atoms with van der Waals surface area (Å²) in [5.41, 5.74) is 11.4. The van der Waals surface area contributed by atoms with Gasteiger partial charge in [-0.15, -0.1) is 0 Å². The van der Waals surface area contributed by atoms with E-state index in [9.17, 15) is 9.90 Å². The Bertz CT molecular complexity index is 1830. The van der Waals surface area contributed by atoms with Crippen LogP contribution < -0.4 is 16.8 Å². The van der Waals surface area contributed by atoms with Crippen molar-refractivity contribution in [3.05, 3.63) is 35.9 Å². The summed E-state index contributed by atoms with van der Waals surface area (Å²) in [6.45, 7) is 32.2. The summed E-state index contributed by atoms with van der Waals surface area (Å²) in [4.78, 5) is 52.2. The van der Waals surface area contributed by atoms with Gasteiger partial charge < -0.3 is 26.8 Å². The lowest BCUT2D eigenvalue weighted by molar-refractivity contribution is -0.160. The number of nitrogens with two attached hydrogens (primary N) is 2. The lowest BCUT2D eigenvalue weighted by atomic mass is 9.63. The normalized spacial score (nSPS) is 23.0. The molecule has 0 radical (unpaired) electrons. The fraction of sp³-hybridized carbons (Fsp3) is 0.857. The number of rotatable bonds is 31. The van der Waals surface area contributed by atoms with Crippen molar-refractivity contribution in [2.24, 2.45) is 29.2 Å². The van der Waals surface area contributed by atoms with Gasteiger partial charge >= 0.3 is 0 Å². The number of hydrogen-bond acceptors (Lipinski definition) is 8. The fourth-order valence-electron chi connectivity index (χ4n) is 15.1. The van der Waals surface area contributed by atoms with Crippen molar-refractivity contribution >= 4 is 17.7 Å². The van der Waals surface area contributed by atoms with E-state index < -0.39 is 11.6 Å². The summed E-state index contributed by atoms with van der Waals surface area (Å²) in [7, 11) is 4.48. The topological polar surface area (TPSA) is 148 Å². The Morgan fingerprint density at radius 2 is 1.11 bits per heavy atom. The number of piperidine rings is 3. The molecule has 3 aliphatic heterocycles. The molecule has 0 saturated carbocycles. The van der Waals surface area contributed by atoms with Gasteiger partial charge in [0.1, 0.15) is 5.54 Å². The third-order valence-corrected chi connectivity index (χ3v) is 19.5. The SMILES string of the molecule is CCCCCCCCCCCC(=O)N(CC(NCCC1CC(C)(C)N(CC(O)c2ccccc2)C(C)(C)C1)C1CC(C)(C)N(C)C(C)(C)C1)C(CCCCCCCC(N)=O)(C(N)=O)C1CC(C)(C)N(C)C(C)(C)C1. The highest BCUT2D eigenvalue weighted by Crippen LogP contribution is 2.50. The third kappa shape index (κ3) is 17.2. The Balaban J connectivity index is 1.75. The number of carbonyl (C=O) groups excluding carboxylic acids is 3. The van der Waals surface area contributed by atoms with E-state index in [0.717, 1.165) is 108 Å². The van der Waals surface area contributed by atoms with Crippen molar-refractivity contribution < 1.29 is 19.5 Å². The Labute approximate surface area is 454 Å². The molecule has 3 amide bonds. The second-order valence-electron chi connectivity index (χ2n) is 28.0. The van der Waals surface area contributed by atoms with Crippen LogP contribution in [0.25, 0.3) is 0 Å². The first-order valence-electron chi connectivity index (χ1n) is 30.0. The van der Waals surface area contributed by atoms with E-state index in [0.29, 0.717) is 38.3 Å². The smallest absolute Gasteiger partial charge is 0.243 e. The first-order chi connectivity index (χ1) is 34.4. The van der Waals surface area contributed by atoms with Crippen molar-refractivity contribution in [3.8, 4) is 0 Å². The molecule has 74 heavy (non-hydrogen) atoms. The van der Waals surface area contributed by atoms with Gasteiger partial charge in [-0.05, 0) is 191 Å². The van der Waals surface area contributed by atoms with Crippen molar-refractivity contribution in [2.45, 2.75) is 295 Å². The summed E-state index contributed by atoms with van der Waals surface area (Å²) in [5.74, 6) is 0.0289. The standard InChI is InChI=1S/C63H115N7O4/c1-16-17-18-19-20-21-22-25-31-36-55(73)69(63(56(65)74,38-32-26-23-24-30-35-54(64)72)51-44-59(6,7)68(15)60(8,9)45-51)46-52(50-42-57(2,3)67(14)58(4,5)43-50)66-39-37-48-40-61(10,11)70(62(12,13)41-48)47-53(71)49-33-28-27-29-34-49/h27-29,33-34,48,50-53,66,71H,16-26,30-32,35-47H2,1-15H3,(H2,64,72)(H2,65,74). The molecule has 4 rings (SSSR count). The van der Waals surface area contributed by atoms with Gasteiger partial charge in [-0.3, -0.25) is 29.1 Å². The minimum Gasteiger partial charge on any atom is -0.387 e. The molecule has 3 unspecified atom stereocenters. The van der Waals surface area contributed by atoms with Crippen molar-refractivity contribution in [2.75, 3.05) is 33.7 Å². The molecule has 0 bridgehead atoms. The molecule has 3 saturated heterocycles. The quantitative estimate of drug-likeness (QED) is 0.0537. The van der Waals surface area contributed by atoms with Crippen LogP contribution in [0, 0.1) is 17.8 Å². The molecule has 0 aromatic heterocycles. The van der Waals surface area contributed by atoms with Gasteiger partial charge in [0, 0.05) is 65.2 Å². The highest BCUT2D eigenvalue weighted by atomic mass is 16.3. The maximum Gasteiger partial charge on any atom is 0.243 e. The van der Waals surface area contributed by atoms with Gasteiger partial charge in [0.25, 0.3) is 0 Å². The zero-order chi connectivity index (χ0) is 55.3. The molecule has 11 heteroatoms. The van der Waals surface area contributed by atoms with E-state index in [2.05, 4.69) is 129 Å². The number of aliphatic hydroxyl groups excluding tert-OH is 1. The Kier molecular flexibility index (Phi) is 23.6. The number of aliphatic hydroxyl groups is 1. The molecule has 426 valence electrons. The van der Waals surface area contributed by atoms with Crippen LogP contribution in [-0.2, 0) is 14.4 Å². The lowest BCUT2D eigenvalue weighted by Gasteiger charge is -2.60. The van der Waals surface area contributed by atoms with E-state index >= 15 is 9.59 Å². The van der Waals surface area contributed by atoms with E-state index in [1.54, 1.807) is 0 Å². The number of nitrogens with one attached hydrogen (secondary N) is 1. The van der Waals surface area contributed by atoms with Gasteiger partial charge in [-0.2, -0.15) is 0 Å². The number of β-amino-alcohol motifs (C(OH)–C–C–N with tert-alkyl or cyclic N) is 1. The fourth-order valence-corrected chi connectivity index (χ4v) is 15.1. The number of hydrogen-bond donors (Lipinski definition) is 4. The zero-order valence-corrected chi connectivity index (χ0v) is 50.5. The third-order valence-electron chi connectivity index (χ3n) is 19.5. The summed E-state index contributed by atoms with van der Waals surface area (Å²) in [6, 6.07) is 10.0. The molecule has 3 atom stereocenters. The van der Waals surface area contributed by atoms with Crippen LogP contribution in [0.5, 0.6) is 0 Å². The number of nitrogens with zero attached hydrogens (tertiary/aromatic N) is 4. The molecule has 0 aliphatic carbocycles. The van der Waals surface area contributed by atoms with Gasteiger partial charge in [0.2, 0.25) is 17.7 Å². The number of likely N-dealkylation sites (tertiary alicyclic amines) is 3. The van der Waals surface area contributed by atoms with E-state index in [4.69, 9.17) is 11.5 Å². The predicted molar refractivity (Wildman–Crippen MR) is 310 cm³/mol. The number of carbonyl (C=O) groups is 3. The van der Waals surface area contributed by atoms with Crippen molar-refractivity contribution in [3.63, 3.8) is 0 Å². The summed E-state index contributed by atoms with van der Waals surface area (Å²) >= 11 is 0. The first-order valence-corrected chi connectivity index (χ1v) is 30.0. The summed E-state index contributed by atoms with van der Waals surface area (Å²) in [5, 5.41) is 15.7. The maximum absolute atomic E-state index is 15.8. The predicted octanol–water partition coefficient (Wildman–Crippen LogP) is 12.3. The highest BCUT2D eigenvalue weighted by molar-refractivity contribution is 5.91. The average molecular weight is 1030 g/mol. The van der Waals surface area contributed by atoms with Gasteiger partial charge in [0.05, 0.1) is 6.10 Å². The van der Waals surface area contributed by atoms with Gasteiger partial charge in [-0.25, -0.2) is 0 Å². The van der Waals surface area contributed by atoms with Gasteiger partial charge in [-0.1, -0.05) is 114 Å². The summed E-state index contributed by atoms with van der Waals surface area (Å²) < 4.78 is 0. The van der Waals surface area contributed by atoms with Crippen LogP contribution in [0.15, 0.2) is 30.3 Å². The van der Waals surface area contributed by atoms with E-state index in [1.165, 1.54) is 38.5 Å². The van der Waals surface area contributed by atoms with Crippen LogP contribution in [-0.4, -0.2) is 121 Å². The molecule has 0 spiro atoms. The molecule has 3 aliphatic rings. The van der Waals surface area contributed by atoms with Crippen LogP contribution in [0.4, 0.5) is 0 Å². The lowest BCUT2D eigenvalue weighted by Crippen LogP contribution is -2.71. The number of amides is 3. The van der Waals surface area contributed by atoms with Crippen molar-refractivity contribution in [1.29, 1.82) is 0 Å². The van der Waals surface area contributed by atoms with Crippen LogP contribution in [0.2, 0.25) is 0 Å². The van der Waals surface area contributed by atoms with Crippen LogP contribution in [0.1, 0.15) is 256 Å². The van der Waals surface area contributed by atoms with Gasteiger partial charge in [0.15, 0.2) is 0 Å². The molecule has 6 N–H and O–H groups in total. The Hall–Kier alpha value is -2.57. The van der Waals surface area contributed by atoms with Crippen LogP contribution in [0.3, 0.4) is 0 Å². The maximum atomic E-state index is 15.8. The molecule has 3 fully saturated rings. The van der Waals surface area contributed by atoms with Crippen molar-refractivity contribution in [1.82, 2.24) is 24.9 Å². The minimum atomic E-state index is -1.18. The zero-order valence-electron chi connectivity index (χ0n) is 50.5. The Morgan fingerprint density at radius 3 is 1.59 bits per heavy atom. The molecule has 1 aromatic carbocycles. The van der Waals surface area contributed by atoms with E-state index in [-0.39, 0.29) is 68.8 Å². The molecular formula is C63H115N7O4. The average Bonchev–Trinajstić information content (AvgIpc) is 3.29. The highest BCUT2D eigenvalue weighted by Gasteiger charge is 2.58. The molecule has 3 heterocycles. The number of primary amides is 2. The largest absolute Gasteiger partial charge is 0.387 e. The number of benzene rings is 1. The molecule has 11 nitrogen and oxygen atoms in total. The summed E-state index contributed by atoms with van der Waals surface area (Å²) in [6.07, 6.45) is 22.0. The molecule has 1 aromatic rings.